The molecule has 2 heterocycles. The van der Waals surface area contributed by atoms with Crippen LogP contribution in [-0.2, 0) is 9.53 Å². The van der Waals surface area contributed by atoms with Crippen LogP contribution in [-0.4, -0.2) is 80.4 Å². The van der Waals surface area contributed by atoms with Crippen molar-refractivity contribution in [3.8, 4) is 22.8 Å². The summed E-state index contributed by atoms with van der Waals surface area (Å²) in [5.41, 5.74) is 7.19. The molecule has 5 rings (SSSR count). The number of aliphatic imine (C=N–C) groups is 1. The first kappa shape index (κ1) is 39.8. The number of thioether (sulfide) groups is 1. The minimum absolute atomic E-state index is 0.106. The number of aryl methyl sites for hydroxylation is 2. The lowest BCUT2D eigenvalue weighted by Gasteiger charge is -2.34. The van der Waals surface area contributed by atoms with E-state index in [2.05, 4.69) is 30.7 Å². The average Bonchev–Trinajstić information content (AvgIpc) is 3.61. The monoisotopic (exact) mass is 764 g/mol. The Labute approximate surface area is 316 Å². The zero-order valence-corrected chi connectivity index (χ0v) is 31.5. The van der Waals surface area contributed by atoms with Crippen LogP contribution >= 0.6 is 11.8 Å². The lowest BCUT2D eigenvalue weighted by atomic mass is 9.98. The Kier molecular flexibility index (Phi) is 13.0. The average molecular weight is 765 g/mol. The summed E-state index contributed by atoms with van der Waals surface area (Å²) in [5, 5.41) is 12.3. The Bertz CT molecular complexity index is 1940. The van der Waals surface area contributed by atoms with Gasteiger partial charge in [0, 0.05) is 25.2 Å². The van der Waals surface area contributed by atoms with Gasteiger partial charge >= 0.3 is 12.5 Å². The highest BCUT2D eigenvalue weighted by Gasteiger charge is 2.31. The molecule has 1 aromatic heterocycles. The van der Waals surface area contributed by atoms with Gasteiger partial charge in [0.2, 0.25) is 5.91 Å². The molecule has 1 atom stereocenters. The number of amidine groups is 1. The number of piperidine rings is 1. The number of nitrogens with one attached hydrogen (secondary N) is 2. The molecule has 1 aliphatic rings. The van der Waals surface area contributed by atoms with Gasteiger partial charge in [-0.3, -0.25) is 10.2 Å². The van der Waals surface area contributed by atoms with Crippen LogP contribution in [0.15, 0.2) is 83.2 Å². The van der Waals surface area contributed by atoms with Crippen molar-refractivity contribution in [1.82, 2.24) is 30.4 Å². The molecule has 2 amide bonds. The normalized spacial score (nSPS) is 15.3. The van der Waals surface area contributed by atoms with E-state index in [-0.39, 0.29) is 29.4 Å². The van der Waals surface area contributed by atoms with Crippen LogP contribution in [0, 0.1) is 19.8 Å². The van der Waals surface area contributed by atoms with Gasteiger partial charge in [-0.2, -0.15) is 5.10 Å². The zero-order chi connectivity index (χ0) is 38.9. The van der Waals surface area contributed by atoms with Crippen LogP contribution in [0.2, 0.25) is 0 Å². The summed E-state index contributed by atoms with van der Waals surface area (Å²) in [6.45, 7) is 11.1. The number of amides is 2. The summed E-state index contributed by atoms with van der Waals surface area (Å²) in [4.78, 5) is 36.4. The molecule has 0 saturated carbocycles. The lowest BCUT2D eigenvalue weighted by molar-refractivity contribution is -0.274. The number of rotatable bonds is 10. The van der Waals surface area contributed by atoms with Crippen molar-refractivity contribution >= 4 is 40.8 Å². The number of benzene rings is 3. The van der Waals surface area contributed by atoms with E-state index in [9.17, 15) is 22.8 Å². The first-order valence-corrected chi connectivity index (χ1v) is 18.3. The number of nitrogens with zero attached hydrogens (tertiary/aromatic N) is 6. The third-order valence-corrected chi connectivity index (χ3v) is 8.98. The first-order valence-electron chi connectivity index (χ1n) is 17.3. The second-order valence-corrected chi connectivity index (χ2v) is 14.7. The molecular weight excluding hydrogens is 722 g/mol. The van der Waals surface area contributed by atoms with E-state index in [1.165, 1.54) is 47.0 Å². The number of hydrogen-bond acceptors (Lipinski definition) is 9. The van der Waals surface area contributed by atoms with Crippen molar-refractivity contribution in [2.45, 2.75) is 59.4 Å². The molecule has 1 aliphatic heterocycles. The van der Waals surface area contributed by atoms with Crippen LogP contribution in [0.5, 0.6) is 5.75 Å². The molecule has 12 nitrogen and oxygen atoms in total. The van der Waals surface area contributed by atoms with Crippen molar-refractivity contribution in [3.63, 3.8) is 0 Å². The van der Waals surface area contributed by atoms with Gasteiger partial charge in [-0.15, -0.1) is 18.3 Å². The van der Waals surface area contributed by atoms with Crippen LogP contribution in [0.25, 0.3) is 17.1 Å². The third-order valence-electron chi connectivity index (χ3n) is 8.12. The first-order chi connectivity index (χ1) is 25.6. The van der Waals surface area contributed by atoms with Gasteiger partial charge in [-0.1, -0.05) is 54.2 Å². The highest BCUT2D eigenvalue weighted by atomic mass is 32.2. The van der Waals surface area contributed by atoms with Crippen LogP contribution < -0.4 is 15.5 Å². The molecule has 0 unspecified atom stereocenters. The summed E-state index contributed by atoms with van der Waals surface area (Å²) in [6.07, 6.45) is -0.252. The number of likely N-dealkylation sites (tertiary alicyclic amines) is 1. The van der Waals surface area contributed by atoms with Crippen molar-refractivity contribution in [3.05, 3.63) is 89.7 Å². The number of hydrazone groups is 1. The molecule has 286 valence electrons. The van der Waals surface area contributed by atoms with E-state index in [4.69, 9.17) is 9.73 Å². The maximum Gasteiger partial charge on any atom is 0.573 e. The van der Waals surface area contributed by atoms with E-state index >= 15 is 0 Å². The van der Waals surface area contributed by atoms with Gasteiger partial charge in [-0.25, -0.2) is 19.5 Å². The highest BCUT2D eigenvalue weighted by Crippen LogP contribution is 2.26. The molecule has 0 bridgehead atoms. The molecule has 0 radical (unpaired) electrons. The second-order valence-electron chi connectivity index (χ2n) is 13.7. The Morgan fingerprint density at radius 2 is 1.72 bits per heavy atom. The van der Waals surface area contributed by atoms with Gasteiger partial charge in [-0.05, 0) is 94.3 Å². The van der Waals surface area contributed by atoms with E-state index in [0.29, 0.717) is 36.3 Å². The van der Waals surface area contributed by atoms with Crippen molar-refractivity contribution in [2.75, 3.05) is 25.4 Å². The molecule has 1 fully saturated rings. The lowest BCUT2D eigenvalue weighted by Crippen LogP contribution is -2.45. The molecule has 3 aromatic carbocycles. The summed E-state index contributed by atoms with van der Waals surface area (Å²) in [6, 6.07) is 18.5. The van der Waals surface area contributed by atoms with Crippen molar-refractivity contribution < 1.29 is 32.2 Å². The molecular formula is C38H43F3N8O4S. The Morgan fingerprint density at radius 1 is 1.02 bits per heavy atom. The van der Waals surface area contributed by atoms with Gasteiger partial charge in [0.1, 0.15) is 17.7 Å². The standard InChI is InChI=1S/C38H43F3N8O4S/c1-25-8-6-9-26(2)33(25)45-35(54-23-32(50)42-20-28-10-7-19-48(22-28)36(51)53-37(3,4)5)46-44-21-27-11-13-29(14-12-27)34-43-24-49(47-34)30-15-17-31(18-16-30)52-38(39,40)41/h6,8-9,11-18,21,24,28H,7,10,19-20,22-23H2,1-5H3,(H,42,50)(H,45,46)/t28-/m0/s1. The number of para-hydroxylation sites is 1. The molecule has 4 aromatic rings. The molecule has 1 saturated heterocycles. The SMILES string of the molecule is Cc1cccc(C)c1/N=C(/NN=Cc1ccc(-c2ncn(-c3ccc(OC(F)(F)F)cc3)n2)cc1)SCC(=O)NC[C@@H]1CCCN(C(=O)OC(C)(C)C)C1. The fourth-order valence-corrected chi connectivity index (χ4v) is 6.18. The predicted octanol–water partition coefficient (Wildman–Crippen LogP) is 7.56. The fourth-order valence-electron chi connectivity index (χ4n) is 5.54. The highest BCUT2D eigenvalue weighted by molar-refractivity contribution is 8.14. The fraction of sp³-hybridized carbons (Fsp3) is 0.368. The number of carbonyl (C=O) groups excluding carboxylic acids is 2. The van der Waals surface area contributed by atoms with E-state index in [1.54, 1.807) is 11.1 Å². The number of aromatic nitrogens is 3. The Balaban J connectivity index is 1.18. The minimum Gasteiger partial charge on any atom is -0.444 e. The number of hydrogen-bond donors (Lipinski definition) is 2. The molecule has 0 aliphatic carbocycles. The molecule has 0 spiro atoms. The zero-order valence-electron chi connectivity index (χ0n) is 30.7. The van der Waals surface area contributed by atoms with Gasteiger partial charge in [0.25, 0.3) is 0 Å². The van der Waals surface area contributed by atoms with Gasteiger partial charge < -0.3 is 19.7 Å². The maximum atomic E-state index is 13.0. The van der Waals surface area contributed by atoms with Crippen LogP contribution in [0.4, 0.5) is 23.7 Å². The third kappa shape index (κ3) is 12.1. The number of ether oxygens (including phenoxy) is 2. The molecule has 54 heavy (non-hydrogen) atoms. The smallest absolute Gasteiger partial charge is 0.444 e. The topological polar surface area (TPSA) is 135 Å². The van der Waals surface area contributed by atoms with Crippen molar-refractivity contribution in [1.29, 1.82) is 0 Å². The Hall–Kier alpha value is -5.38. The quantitative estimate of drug-likeness (QED) is 0.0961. The maximum absolute atomic E-state index is 13.0. The van der Waals surface area contributed by atoms with Gasteiger partial charge in [0.05, 0.1) is 23.3 Å². The number of alkyl halides is 3. The number of halogens is 3. The Morgan fingerprint density at radius 3 is 2.39 bits per heavy atom. The van der Waals surface area contributed by atoms with Crippen LogP contribution in [0.1, 0.15) is 50.3 Å². The summed E-state index contributed by atoms with van der Waals surface area (Å²) < 4.78 is 48.4. The molecule has 2 N–H and O–H groups in total. The summed E-state index contributed by atoms with van der Waals surface area (Å²) >= 11 is 1.23. The van der Waals surface area contributed by atoms with Crippen LogP contribution in [0.3, 0.4) is 0 Å². The van der Waals surface area contributed by atoms with Crippen molar-refractivity contribution in [2.24, 2.45) is 16.0 Å². The second kappa shape index (κ2) is 17.6. The largest absolute Gasteiger partial charge is 0.573 e. The number of carbonyl (C=O) groups is 2. The molecule has 16 heteroatoms. The van der Waals surface area contributed by atoms with E-state index in [1.807, 2.05) is 77.1 Å². The van der Waals surface area contributed by atoms with E-state index < -0.39 is 12.0 Å². The summed E-state index contributed by atoms with van der Waals surface area (Å²) in [5.74, 6) is 0.175. The van der Waals surface area contributed by atoms with E-state index in [0.717, 1.165) is 40.8 Å². The predicted molar refractivity (Wildman–Crippen MR) is 203 cm³/mol. The summed E-state index contributed by atoms with van der Waals surface area (Å²) in [7, 11) is 0. The van der Waals surface area contributed by atoms with Gasteiger partial charge in [0.15, 0.2) is 11.0 Å². The minimum atomic E-state index is -4.77.